The van der Waals surface area contributed by atoms with Crippen molar-refractivity contribution in [3.05, 3.63) is 0 Å². The third kappa shape index (κ3) is 6.34. The van der Waals surface area contributed by atoms with Crippen LogP contribution in [0.4, 0.5) is 0 Å². The van der Waals surface area contributed by atoms with Gasteiger partial charge < -0.3 is 19.9 Å². The summed E-state index contributed by atoms with van der Waals surface area (Å²) in [4.78, 5) is 22.4. The van der Waals surface area contributed by atoms with Gasteiger partial charge in [-0.25, -0.2) is 0 Å². The molecule has 116 valence electrons. The zero-order valence-corrected chi connectivity index (χ0v) is 12.3. The summed E-state index contributed by atoms with van der Waals surface area (Å²) in [5.74, 6) is -0.215. The molecule has 2 N–H and O–H groups in total. The molecule has 0 aromatic carbocycles. The largest absolute Gasteiger partial charge is 0.481 e. The predicted octanol–water partition coefficient (Wildman–Crippen LogP) is 1.05. The second kappa shape index (κ2) is 8.92. The van der Waals surface area contributed by atoms with Crippen molar-refractivity contribution in [2.75, 3.05) is 26.4 Å². The van der Waals surface area contributed by atoms with Crippen molar-refractivity contribution in [1.29, 1.82) is 0 Å². The number of carbonyl (C=O) groups is 2. The Morgan fingerprint density at radius 1 is 1.30 bits per heavy atom. The molecule has 2 unspecified atom stereocenters. The molecule has 0 aliphatic carbocycles. The van der Waals surface area contributed by atoms with Gasteiger partial charge in [-0.15, -0.1) is 0 Å². The molecule has 1 fully saturated rings. The summed E-state index contributed by atoms with van der Waals surface area (Å²) in [6.45, 7) is 5.98. The first-order valence-corrected chi connectivity index (χ1v) is 7.19. The van der Waals surface area contributed by atoms with Crippen LogP contribution in [0.2, 0.25) is 0 Å². The molecule has 1 aliphatic rings. The van der Waals surface area contributed by atoms with Crippen molar-refractivity contribution in [1.82, 2.24) is 5.32 Å². The van der Waals surface area contributed by atoms with Crippen molar-refractivity contribution in [2.45, 2.75) is 39.2 Å². The molecule has 0 bridgehead atoms. The summed E-state index contributed by atoms with van der Waals surface area (Å²) in [7, 11) is 0. The summed E-state index contributed by atoms with van der Waals surface area (Å²) in [6.07, 6.45) is 1.09. The summed E-state index contributed by atoms with van der Waals surface area (Å²) >= 11 is 0. The molecule has 2 atom stereocenters. The van der Waals surface area contributed by atoms with Crippen LogP contribution in [-0.4, -0.2) is 49.5 Å². The quantitative estimate of drug-likeness (QED) is 0.697. The first-order chi connectivity index (χ1) is 9.50. The van der Waals surface area contributed by atoms with Crippen LogP contribution in [0.5, 0.6) is 0 Å². The summed E-state index contributed by atoms with van der Waals surface area (Å²) in [6, 6.07) is 0. The highest BCUT2D eigenvalue weighted by Gasteiger charge is 2.22. The van der Waals surface area contributed by atoms with Crippen LogP contribution in [0.1, 0.15) is 33.1 Å². The van der Waals surface area contributed by atoms with Gasteiger partial charge in [0, 0.05) is 13.0 Å². The van der Waals surface area contributed by atoms with Gasteiger partial charge in [-0.3, -0.25) is 9.59 Å². The van der Waals surface area contributed by atoms with Crippen LogP contribution in [0, 0.1) is 11.8 Å². The molecule has 0 spiro atoms. The molecule has 0 aromatic heterocycles. The molecule has 0 radical (unpaired) electrons. The zero-order valence-electron chi connectivity index (χ0n) is 12.3. The zero-order chi connectivity index (χ0) is 15.0. The fourth-order valence-corrected chi connectivity index (χ4v) is 2.25. The molecule has 1 rings (SSSR count). The minimum Gasteiger partial charge on any atom is -0.481 e. The molecular weight excluding hydrogens is 262 g/mol. The van der Waals surface area contributed by atoms with Gasteiger partial charge in [-0.1, -0.05) is 13.8 Å². The number of aliphatic carboxylic acids is 1. The van der Waals surface area contributed by atoms with Gasteiger partial charge in [0.2, 0.25) is 0 Å². The van der Waals surface area contributed by atoms with Crippen LogP contribution in [0.3, 0.4) is 0 Å². The molecule has 1 heterocycles. The van der Waals surface area contributed by atoms with E-state index < -0.39 is 12.1 Å². The first-order valence-electron chi connectivity index (χ1n) is 7.19. The number of ether oxygens (including phenoxy) is 2. The Morgan fingerprint density at radius 2 is 2.05 bits per heavy atom. The minimum atomic E-state index is -0.771. The van der Waals surface area contributed by atoms with E-state index in [0.717, 1.165) is 6.42 Å². The molecule has 0 aromatic rings. The number of hydrogen-bond donors (Lipinski definition) is 2. The number of amides is 1. The Kier molecular flexibility index (Phi) is 7.54. The van der Waals surface area contributed by atoms with Gasteiger partial charge in [0.15, 0.2) is 6.10 Å². The first kappa shape index (κ1) is 16.9. The minimum absolute atomic E-state index is 0.148. The fourth-order valence-electron chi connectivity index (χ4n) is 2.25. The number of carboxylic acid groups (broad SMARTS) is 1. The highest BCUT2D eigenvalue weighted by Crippen LogP contribution is 2.20. The standard InChI is InChI=1S/C14H25NO5/c1-10(2)11(3-4-13(16)17)5-6-15-14(18)12-9-19-7-8-20-12/h10-12H,3-9H2,1-2H3,(H,15,18)(H,16,17). The van der Waals surface area contributed by atoms with Crippen LogP contribution in [-0.2, 0) is 19.1 Å². The Labute approximate surface area is 119 Å². The lowest BCUT2D eigenvalue weighted by Crippen LogP contribution is -2.43. The Morgan fingerprint density at radius 3 is 2.60 bits per heavy atom. The molecule has 6 heteroatoms. The maximum Gasteiger partial charge on any atom is 0.303 e. The summed E-state index contributed by atoms with van der Waals surface area (Å²) in [5.41, 5.74) is 0. The summed E-state index contributed by atoms with van der Waals surface area (Å²) < 4.78 is 10.5. The van der Waals surface area contributed by atoms with Gasteiger partial charge in [-0.2, -0.15) is 0 Å². The van der Waals surface area contributed by atoms with Crippen LogP contribution >= 0.6 is 0 Å². The van der Waals surface area contributed by atoms with E-state index in [2.05, 4.69) is 19.2 Å². The van der Waals surface area contributed by atoms with Crippen LogP contribution in [0.15, 0.2) is 0 Å². The fraction of sp³-hybridized carbons (Fsp3) is 0.857. The average molecular weight is 287 g/mol. The monoisotopic (exact) mass is 287 g/mol. The molecule has 1 saturated heterocycles. The van der Waals surface area contributed by atoms with E-state index in [-0.39, 0.29) is 12.3 Å². The lowest BCUT2D eigenvalue weighted by Gasteiger charge is -2.23. The van der Waals surface area contributed by atoms with Gasteiger partial charge in [0.1, 0.15) is 0 Å². The second-order valence-electron chi connectivity index (χ2n) is 5.45. The third-order valence-corrected chi connectivity index (χ3v) is 3.59. The van der Waals surface area contributed by atoms with Crippen LogP contribution < -0.4 is 5.32 Å². The SMILES string of the molecule is CC(C)C(CCNC(=O)C1COCCO1)CCC(=O)O. The maximum atomic E-state index is 11.8. The molecule has 1 amide bonds. The number of nitrogens with one attached hydrogen (secondary N) is 1. The number of carbonyl (C=O) groups excluding carboxylic acids is 1. The maximum absolute atomic E-state index is 11.8. The molecular formula is C14H25NO5. The smallest absolute Gasteiger partial charge is 0.303 e. The Bertz CT molecular complexity index is 313. The van der Waals surface area contributed by atoms with E-state index in [0.29, 0.717) is 44.6 Å². The number of rotatable bonds is 8. The number of hydrogen-bond acceptors (Lipinski definition) is 4. The Balaban J connectivity index is 2.25. The van der Waals surface area contributed by atoms with Gasteiger partial charge >= 0.3 is 5.97 Å². The second-order valence-corrected chi connectivity index (χ2v) is 5.45. The van der Waals surface area contributed by atoms with Crippen molar-refractivity contribution in [3.63, 3.8) is 0 Å². The van der Waals surface area contributed by atoms with E-state index in [1.165, 1.54) is 0 Å². The molecule has 20 heavy (non-hydrogen) atoms. The Hall–Kier alpha value is -1.14. The topological polar surface area (TPSA) is 84.9 Å². The van der Waals surface area contributed by atoms with Crippen molar-refractivity contribution in [3.8, 4) is 0 Å². The predicted molar refractivity (Wildman–Crippen MR) is 73.4 cm³/mol. The average Bonchev–Trinajstić information content (AvgIpc) is 2.42. The summed E-state index contributed by atoms with van der Waals surface area (Å²) in [5, 5.41) is 11.6. The van der Waals surface area contributed by atoms with E-state index in [1.807, 2.05) is 0 Å². The third-order valence-electron chi connectivity index (χ3n) is 3.59. The molecule has 0 saturated carbocycles. The van der Waals surface area contributed by atoms with E-state index >= 15 is 0 Å². The normalized spacial score (nSPS) is 20.6. The van der Waals surface area contributed by atoms with Gasteiger partial charge in [-0.05, 0) is 24.7 Å². The molecule has 6 nitrogen and oxygen atoms in total. The van der Waals surface area contributed by atoms with Crippen LogP contribution in [0.25, 0.3) is 0 Å². The van der Waals surface area contributed by atoms with E-state index in [1.54, 1.807) is 0 Å². The van der Waals surface area contributed by atoms with E-state index in [4.69, 9.17) is 14.6 Å². The lowest BCUT2D eigenvalue weighted by atomic mass is 9.88. The number of carboxylic acids is 1. The van der Waals surface area contributed by atoms with E-state index in [9.17, 15) is 9.59 Å². The molecule has 1 aliphatic heterocycles. The van der Waals surface area contributed by atoms with Crippen molar-refractivity contribution >= 4 is 11.9 Å². The highest BCUT2D eigenvalue weighted by atomic mass is 16.6. The highest BCUT2D eigenvalue weighted by molar-refractivity contribution is 5.80. The lowest BCUT2D eigenvalue weighted by molar-refractivity contribution is -0.147. The van der Waals surface area contributed by atoms with Gasteiger partial charge in [0.05, 0.1) is 19.8 Å². The van der Waals surface area contributed by atoms with Crippen molar-refractivity contribution < 1.29 is 24.2 Å². The van der Waals surface area contributed by atoms with Gasteiger partial charge in [0.25, 0.3) is 5.91 Å². The van der Waals surface area contributed by atoms with Crippen molar-refractivity contribution in [2.24, 2.45) is 11.8 Å².